The van der Waals surface area contributed by atoms with Crippen molar-refractivity contribution in [1.82, 2.24) is 4.90 Å². The van der Waals surface area contributed by atoms with E-state index in [1.54, 1.807) is 11.9 Å². The molecule has 1 amide bonds. The summed E-state index contributed by atoms with van der Waals surface area (Å²) in [6.07, 6.45) is 4.77. The van der Waals surface area contributed by atoms with Gasteiger partial charge < -0.3 is 4.90 Å². The van der Waals surface area contributed by atoms with Gasteiger partial charge in [0.1, 0.15) is 0 Å². The summed E-state index contributed by atoms with van der Waals surface area (Å²) in [5.41, 5.74) is 0. The van der Waals surface area contributed by atoms with Crippen LogP contribution in [0, 0.1) is 17.2 Å². The van der Waals surface area contributed by atoms with E-state index in [2.05, 4.69) is 6.07 Å². The monoisotopic (exact) mass is 194 g/mol. The fourth-order valence-corrected chi connectivity index (χ4v) is 1.60. The smallest absolute Gasteiger partial charge is 0.222 e. The lowest BCUT2D eigenvalue weighted by molar-refractivity contribution is -0.133. The summed E-state index contributed by atoms with van der Waals surface area (Å²) >= 11 is 0. The predicted octanol–water partition coefficient (Wildman–Crippen LogP) is 1.94. The molecule has 0 N–H and O–H groups in total. The molecule has 0 bridgehead atoms. The van der Waals surface area contributed by atoms with Gasteiger partial charge in [0.25, 0.3) is 0 Å². The largest absolute Gasteiger partial charge is 0.342 e. The minimum atomic E-state index is 0.0487. The number of amides is 1. The zero-order chi connectivity index (χ0) is 10.6. The van der Waals surface area contributed by atoms with Crippen molar-refractivity contribution in [3.8, 4) is 6.07 Å². The number of nitriles is 1. The molecule has 1 fully saturated rings. The number of carbonyl (C=O) groups is 1. The first-order chi connectivity index (χ1) is 6.65. The number of nitrogens with zero attached hydrogens (tertiary/aromatic N) is 2. The van der Waals surface area contributed by atoms with E-state index in [-0.39, 0.29) is 11.9 Å². The van der Waals surface area contributed by atoms with Crippen molar-refractivity contribution in [2.24, 2.45) is 5.92 Å². The van der Waals surface area contributed by atoms with E-state index >= 15 is 0 Å². The zero-order valence-corrected chi connectivity index (χ0v) is 8.99. The lowest BCUT2D eigenvalue weighted by Gasteiger charge is -2.29. The SMILES string of the molecule is CC(CC#N)N(C)C(=O)CC1CCC1. The van der Waals surface area contributed by atoms with Crippen LogP contribution in [0.2, 0.25) is 0 Å². The normalized spacial score (nSPS) is 18.1. The van der Waals surface area contributed by atoms with Crippen LogP contribution in [0.25, 0.3) is 0 Å². The minimum absolute atomic E-state index is 0.0487. The Bertz CT molecular complexity index is 240. The van der Waals surface area contributed by atoms with Crippen LogP contribution in [-0.4, -0.2) is 23.9 Å². The number of hydrogen-bond acceptors (Lipinski definition) is 2. The minimum Gasteiger partial charge on any atom is -0.342 e. The van der Waals surface area contributed by atoms with Crippen molar-refractivity contribution >= 4 is 5.91 Å². The molecule has 1 rings (SSSR count). The average molecular weight is 194 g/mol. The van der Waals surface area contributed by atoms with Crippen LogP contribution in [0.5, 0.6) is 0 Å². The van der Waals surface area contributed by atoms with Crippen LogP contribution in [0.4, 0.5) is 0 Å². The van der Waals surface area contributed by atoms with Gasteiger partial charge >= 0.3 is 0 Å². The molecular formula is C11H18N2O. The number of carbonyl (C=O) groups excluding carboxylic acids is 1. The molecule has 0 spiro atoms. The predicted molar refractivity (Wildman–Crippen MR) is 54.4 cm³/mol. The molecule has 0 aromatic carbocycles. The van der Waals surface area contributed by atoms with Gasteiger partial charge in [-0.1, -0.05) is 6.42 Å². The highest BCUT2D eigenvalue weighted by Crippen LogP contribution is 2.29. The third kappa shape index (κ3) is 2.73. The van der Waals surface area contributed by atoms with Gasteiger partial charge in [-0.05, 0) is 25.7 Å². The first-order valence-corrected chi connectivity index (χ1v) is 5.27. The van der Waals surface area contributed by atoms with Crippen molar-refractivity contribution in [3.63, 3.8) is 0 Å². The third-order valence-corrected chi connectivity index (χ3v) is 3.13. The molecule has 3 heteroatoms. The Morgan fingerprint density at radius 1 is 1.64 bits per heavy atom. The molecule has 0 heterocycles. The molecule has 0 aromatic rings. The lowest BCUT2D eigenvalue weighted by atomic mass is 9.82. The summed E-state index contributed by atoms with van der Waals surface area (Å²) in [5.74, 6) is 0.802. The average Bonchev–Trinajstić information content (AvgIpc) is 2.10. The number of hydrogen-bond donors (Lipinski definition) is 0. The molecule has 3 nitrogen and oxygen atoms in total. The second kappa shape index (κ2) is 4.99. The molecule has 14 heavy (non-hydrogen) atoms. The van der Waals surface area contributed by atoms with Gasteiger partial charge in [-0.25, -0.2) is 0 Å². The molecule has 1 aliphatic rings. The van der Waals surface area contributed by atoms with Crippen molar-refractivity contribution in [3.05, 3.63) is 0 Å². The maximum atomic E-state index is 11.7. The van der Waals surface area contributed by atoms with E-state index in [9.17, 15) is 4.79 Å². The third-order valence-electron chi connectivity index (χ3n) is 3.13. The first-order valence-electron chi connectivity index (χ1n) is 5.27. The molecule has 0 radical (unpaired) electrons. The van der Waals surface area contributed by atoms with Crippen LogP contribution >= 0.6 is 0 Å². The molecular weight excluding hydrogens is 176 g/mol. The second-order valence-corrected chi connectivity index (χ2v) is 4.22. The van der Waals surface area contributed by atoms with Gasteiger partial charge in [0.05, 0.1) is 12.5 Å². The number of rotatable bonds is 4. The highest BCUT2D eigenvalue weighted by atomic mass is 16.2. The topological polar surface area (TPSA) is 44.1 Å². The molecule has 1 atom stereocenters. The standard InChI is InChI=1S/C11H18N2O/c1-9(6-7-12)13(2)11(14)8-10-4-3-5-10/h9-10H,3-6,8H2,1-2H3. The summed E-state index contributed by atoms with van der Waals surface area (Å²) in [5, 5.41) is 8.52. The summed E-state index contributed by atoms with van der Waals surface area (Å²) in [6, 6.07) is 2.14. The van der Waals surface area contributed by atoms with E-state index in [0.29, 0.717) is 18.8 Å². The first kappa shape index (κ1) is 11.0. The highest BCUT2D eigenvalue weighted by molar-refractivity contribution is 5.76. The Balaban J connectivity index is 2.31. The van der Waals surface area contributed by atoms with E-state index in [4.69, 9.17) is 5.26 Å². The van der Waals surface area contributed by atoms with Crippen LogP contribution in [-0.2, 0) is 4.79 Å². The molecule has 0 saturated heterocycles. The molecule has 0 aromatic heterocycles. The summed E-state index contributed by atoms with van der Waals surface area (Å²) in [6.45, 7) is 1.92. The Labute approximate surface area is 85.7 Å². The quantitative estimate of drug-likeness (QED) is 0.686. The van der Waals surface area contributed by atoms with Crippen LogP contribution in [0.3, 0.4) is 0 Å². The van der Waals surface area contributed by atoms with Gasteiger partial charge in [-0.15, -0.1) is 0 Å². The van der Waals surface area contributed by atoms with E-state index in [1.165, 1.54) is 19.3 Å². The van der Waals surface area contributed by atoms with Crippen molar-refractivity contribution in [2.45, 2.75) is 45.1 Å². The van der Waals surface area contributed by atoms with Crippen LogP contribution in [0.1, 0.15) is 39.0 Å². The Morgan fingerprint density at radius 2 is 2.29 bits per heavy atom. The lowest BCUT2D eigenvalue weighted by Crippen LogP contribution is -2.36. The van der Waals surface area contributed by atoms with Gasteiger partial charge in [-0.3, -0.25) is 4.79 Å². The van der Waals surface area contributed by atoms with Crippen LogP contribution in [0.15, 0.2) is 0 Å². The Kier molecular flexibility index (Phi) is 3.94. The van der Waals surface area contributed by atoms with Crippen LogP contribution < -0.4 is 0 Å². The van der Waals surface area contributed by atoms with Crippen molar-refractivity contribution < 1.29 is 4.79 Å². The fraction of sp³-hybridized carbons (Fsp3) is 0.818. The summed E-state index contributed by atoms with van der Waals surface area (Å²) in [4.78, 5) is 13.4. The molecule has 1 aliphatic carbocycles. The summed E-state index contributed by atoms with van der Waals surface area (Å²) < 4.78 is 0. The van der Waals surface area contributed by atoms with Gasteiger partial charge in [-0.2, -0.15) is 5.26 Å². The fourth-order valence-electron chi connectivity index (χ4n) is 1.60. The van der Waals surface area contributed by atoms with Gasteiger partial charge in [0.2, 0.25) is 5.91 Å². The molecule has 0 aliphatic heterocycles. The molecule has 78 valence electrons. The maximum Gasteiger partial charge on any atom is 0.222 e. The van der Waals surface area contributed by atoms with Crippen molar-refractivity contribution in [1.29, 1.82) is 5.26 Å². The zero-order valence-electron chi connectivity index (χ0n) is 8.99. The Hall–Kier alpha value is -1.04. The Morgan fingerprint density at radius 3 is 2.71 bits per heavy atom. The highest BCUT2D eigenvalue weighted by Gasteiger charge is 2.24. The second-order valence-electron chi connectivity index (χ2n) is 4.22. The van der Waals surface area contributed by atoms with Crippen molar-refractivity contribution in [2.75, 3.05) is 7.05 Å². The maximum absolute atomic E-state index is 11.7. The van der Waals surface area contributed by atoms with E-state index in [0.717, 1.165) is 0 Å². The van der Waals surface area contributed by atoms with E-state index in [1.807, 2.05) is 6.92 Å². The van der Waals surface area contributed by atoms with Gasteiger partial charge in [0, 0.05) is 19.5 Å². The van der Waals surface area contributed by atoms with E-state index < -0.39 is 0 Å². The molecule has 1 saturated carbocycles. The molecule has 1 unspecified atom stereocenters. The van der Waals surface area contributed by atoms with Gasteiger partial charge in [0.15, 0.2) is 0 Å². The summed E-state index contributed by atoms with van der Waals surface area (Å²) in [7, 11) is 1.79.